The summed E-state index contributed by atoms with van der Waals surface area (Å²) in [6.45, 7) is 8.21. The summed E-state index contributed by atoms with van der Waals surface area (Å²) in [4.78, 5) is 7.50. The number of thiazole rings is 1. The molecule has 82 valence electrons. The van der Waals surface area contributed by atoms with Crippen molar-refractivity contribution < 1.29 is 0 Å². The van der Waals surface area contributed by atoms with Crippen molar-refractivity contribution in [3.8, 4) is 6.07 Å². The number of nitrogens with zero attached hydrogens (tertiary/aromatic N) is 3. The topological polar surface area (TPSA) is 39.9 Å². The van der Waals surface area contributed by atoms with Gasteiger partial charge in [0.05, 0.1) is 5.69 Å². The summed E-state index contributed by atoms with van der Waals surface area (Å²) in [7, 11) is 0. The molecule has 4 heteroatoms. The van der Waals surface area contributed by atoms with Crippen molar-refractivity contribution in [1.29, 1.82) is 5.26 Å². The van der Waals surface area contributed by atoms with Crippen LogP contribution in [0.15, 0.2) is 0 Å². The zero-order chi connectivity index (χ0) is 11.3. The van der Waals surface area contributed by atoms with Gasteiger partial charge in [0, 0.05) is 13.1 Å². The minimum absolute atomic E-state index is 0.777. The summed E-state index contributed by atoms with van der Waals surface area (Å²) in [6.07, 6.45) is 1.94. The zero-order valence-corrected chi connectivity index (χ0v) is 10.4. The average molecular weight is 223 g/mol. The van der Waals surface area contributed by atoms with E-state index in [1.54, 1.807) is 0 Å². The van der Waals surface area contributed by atoms with Crippen molar-refractivity contribution in [3.63, 3.8) is 0 Å². The Kier molecular flexibility index (Phi) is 4.57. The number of aromatic nitrogens is 1. The smallest absolute Gasteiger partial charge is 0.186 e. The molecule has 0 amide bonds. The molecule has 0 atom stereocenters. The maximum absolute atomic E-state index is 8.99. The molecule has 1 heterocycles. The monoisotopic (exact) mass is 223 g/mol. The third kappa shape index (κ3) is 2.69. The Hall–Kier alpha value is -1.08. The summed E-state index contributed by atoms with van der Waals surface area (Å²) in [6, 6.07) is 2.23. The predicted octanol–water partition coefficient (Wildman–Crippen LogP) is 2.81. The van der Waals surface area contributed by atoms with E-state index in [1.807, 2.05) is 0 Å². The molecule has 0 bridgehead atoms. The molecular formula is C11H17N3S. The molecule has 0 saturated carbocycles. The molecule has 1 aromatic heterocycles. The second kappa shape index (κ2) is 5.72. The van der Waals surface area contributed by atoms with Crippen LogP contribution in [0.4, 0.5) is 5.13 Å². The van der Waals surface area contributed by atoms with E-state index in [1.165, 1.54) is 11.3 Å². The molecule has 0 fully saturated rings. The van der Waals surface area contributed by atoms with Gasteiger partial charge < -0.3 is 4.90 Å². The van der Waals surface area contributed by atoms with Gasteiger partial charge in [-0.3, -0.25) is 0 Å². The molecule has 0 aromatic carbocycles. The van der Waals surface area contributed by atoms with Gasteiger partial charge in [0.25, 0.3) is 0 Å². The standard InChI is InChI=1S/C11H17N3S/c1-4-7-9-10(8-12)15-11(13-9)14(5-2)6-3/h4-7H2,1-3H3. The molecule has 3 nitrogen and oxygen atoms in total. The van der Waals surface area contributed by atoms with Gasteiger partial charge in [-0.15, -0.1) is 0 Å². The van der Waals surface area contributed by atoms with Crippen molar-refractivity contribution in [2.24, 2.45) is 0 Å². The highest BCUT2D eigenvalue weighted by Crippen LogP contribution is 2.26. The number of hydrogen-bond acceptors (Lipinski definition) is 4. The summed E-state index contributed by atoms with van der Waals surface area (Å²) in [5, 5.41) is 9.97. The number of nitriles is 1. The number of anilines is 1. The second-order valence-corrected chi connectivity index (χ2v) is 4.28. The number of rotatable bonds is 5. The Morgan fingerprint density at radius 3 is 2.47 bits per heavy atom. The van der Waals surface area contributed by atoms with E-state index in [0.29, 0.717) is 0 Å². The summed E-state index contributed by atoms with van der Waals surface area (Å²) in [5.74, 6) is 0. The van der Waals surface area contributed by atoms with E-state index in [-0.39, 0.29) is 0 Å². The maximum Gasteiger partial charge on any atom is 0.186 e. The lowest BCUT2D eigenvalue weighted by Gasteiger charge is -2.16. The molecule has 15 heavy (non-hydrogen) atoms. The Labute approximate surface area is 95.4 Å². The van der Waals surface area contributed by atoms with E-state index in [2.05, 4.69) is 36.7 Å². The Morgan fingerprint density at radius 2 is 2.00 bits per heavy atom. The van der Waals surface area contributed by atoms with Crippen molar-refractivity contribution >= 4 is 16.5 Å². The van der Waals surface area contributed by atoms with E-state index < -0.39 is 0 Å². The second-order valence-electron chi connectivity index (χ2n) is 3.31. The molecule has 0 aliphatic heterocycles. The fourth-order valence-corrected chi connectivity index (χ4v) is 2.50. The molecule has 0 spiro atoms. The lowest BCUT2D eigenvalue weighted by atomic mass is 10.2. The van der Waals surface area contributed by atoms with Gasteiger partial charge in [-0.25, -0.2) is 4.98 Å². The van der Waals surface area contributed by atoms with Crippen LogP contribution in [0.3, 0.4) is 0 Å². The number of aryl methyl sites for hydroxylation is 1. The first kappa shape index (κ1) is 12.0. The highest BCUT2D eigenvalue weighted by Gasteiger charge is 2.13. The molecular weight excluding hydrogens is 206 g/mol. The normalized spacial score (nSPS) is 10.0. The zero-order valence-electron chi connectivity index (χ0n) is 9.58. The van der Waals surface area contributed by atoms with Gasteiger partial charge in [0.2, 0.25) is 0 Å². The predicted molar refractivity (Wildman–Crippen MR) is 64.4 cm³/mol. The number of hydrogen-bond donors (Lipinski definition) is 0. The quantitative estimate of drug-likeness (QED) is 0.770. The van der Waals surface area contributed by atoms with Crippen molar-refractivity contribution in [3.05, 3.63) is 10.6 Å². The van der Waals surface area contributed by atoms with Crippen molar-refractivity contribution in [2.45, 2.75) is 33.6 Å². The van der Waals surface area contributed by atoms with Gasteiger partial charge in [0.1, 0.15) is 10.9 Å². The van der Waals surface area contributed by atoms with Gasteiger partial charge >= 0.3 is 0 Å². The maximum atomic E-state index is 8.99. The van der Waals surface area contributed by atoms with Gasteiger partial charge in [0.15, 0.2) is 5.13 Å². The molecule has 0 saturated heterocycles. The first-order chi connectivity index (χ1) is 7.26. The van der Waals surface area contributed by atoms with Crippen LogP contribution in [0.25, 0.3) is 0 Å². The lowest BCUT2D eigenvalue weighted by molar-refractivity contribution is 0.840. The molecule has 0 unspecified atom stereocenters. The Balaban J connectivity index is 2.97. The molecule has 1 rings (SSSR count). The van der Waals surface area contributed by atoms with Crippen LogP contribution in [0.1, 0.15) is 37.8 Å². The van der Waals surface area contributed by atoms with Gasteiger partial charge in [-0.2, -0.15) is 5.26 Å². The molecule has 0 aliphatic carbocycles. The lowest BCUT2D eigenvalue weighted by Crippen LogP contribution is -2.21. The summed E-state index contributed by atoms with van der Waals surface area (Å²) in [5.41, 5.74) is 0.965. The fraction of sp³-hybridized carbons (Fsp3) is 0.636. The van der Waals surface area contributed by atoms with E-state index >= 15 is 0 Å². The Morgan fingerprint density at radius 1 is 1.33 bits per heavy atom. The van der Waals surface area contributed by atoms with Crippen LogP contribution in [-0.4, -0.2) is 18.1 Å². The van der Waals surface area contributed by atoms with Crippen LogP contribution >= 0.6 is 11.3 Å². The Bertz CT molecular complexity index is 347. The first-order valence-corrected chi connectivity index (χ1v) is 6.23. The largest absolute Gasteiger partial charge is 0.349 e. The van der Waals surface area contributed by atoms with Crippen LogP contribution < -0.4 is 4.90 Å². The van der Waals surface area contributed by atoms with Crippen molar-refractivity contribution in [1.82, 2.24) is 4.98 Å². The third-order valence-corrected chi connectivity index (χ3v) is 3.37. The first-order valence-electron chi connectivity index (χ1n) is 5.41. The van der Waals surface area contributed by atoms with E-state index in [9.17, 15) is 0 Å². The molecule has 0 radical (unpaired) electrons. The van der Waals surface area contributed by atoms with Crippen LogP contribution in [-0.2, 0) is 6.42 Å². The SMILES string of the molecule is CCCc1nc(N(CC)CC)sc1C#N. The minimum atomic E-state index is 0.777. The summed E-state index contributed by atoms with van der Waals surface area (Å²) >= 11 is 1.51. The third-order valence-electron chi connectivity index (χ3n) is 2.31. The van der Waals surface area contributed by atoms with E-state index in [4.69, 9.17) is 5.26 Å². The van der Waals surface area contributed by atoms with Crippen LogP contribution in [0.5, 0.6) is 0 Å². The average Bonchev–Trinajstić information content (AvgIpc) is 2.64. The molecule has 1 aromatic rings. The fourth-order valence-electron chi connectivity index (χ4n) is 1.46. The van der Waals surface area contributed by atoms with Crippen molar-refractivity contribution in [2.75, 3.05) is 18.0 Å². The van der Waals surface area contributed by atoms with Gasteiger partial charge in [-0.1, -0.05) is 24.7 Å². The highest BCUT2D eigenvalue weighted by atomic mass is 32.1. The summed E-state index contributed by atoms with van der Waals surface area (Å²) < 4.78 is 0. The highest BCUT2D eigenvalue weighted by molar-refractivity contribution is 7.16. The van der Waals surface area contributed by atoms with E-state index in [0.717, 1.165) is 41.6 Å². The van der Waals surface area contributed by atoms with Crippen LogP contribution in [0, 0.1) is 11.3 Å². The van der Waals surface area contributed by atoms with Crippen LogP contribution in [0.2, 0.25) is 0 Å². The molecule has 0 N–H and O–H groups in total. The van der Waals surface area contributed by atoms with Gasteiger partial charge in [-0.05, 0) is 20.3 Å². The minimum Gasteiger partial charge on any atom is -0.349 e. The molecule has 0 aliphatic rings.